The number of nitrogens with zero attached hydrogens (tertiary/aromatic N) is 3. The molecule has 0 unspecified atom stereocenters. The van der Waals surface area contributed by atoms with Gasteiger partial charge in [0.2, 0.25) is 5.91 Å². The fourth-order valence-corrected chi connectivity index (χ4v) is 7.88. The third kappa shape index (κ3) is 6.59. The Kier molecular flexibility index (Phi) is 9.29. The van der Waals surface area contributed by atoms with Gasteiger partial charge in [0.25, 0.3) is 5.91 Å². The minimum Gasteiger partial charge on any atom is -0.493 e. The van der Waals surface area contributed by atoms with Crippen LogP contribution < -0.4 is 10.1 Å². The van der Waals surface area contributed by atoms with Crippen molar-refractivity contribution in [2.24, 2.45) is 17.3 Å². The molecule has 2 aliphatic heterocycles. The number of hydrogen-bond acceptors (Lipinski definition) is 7. The van der Waals surface area contributed by atoms with E-state index in [2.05, 4.69) is 49.2 Å². The molecular weight excluding hydrogens is 579 g/mol. The van der Waals surface area contributed by atoms with E-state index < -0.39 is 7.12 Å². The highest BCUT2D eigenvalue weighted by molar-refractivity contribution is 6.48. The predicted molar refractivity (Wildman–Crippen MR) is 176 cm³/mol. The smallest absolute Gasteiger partial charge is 0.482 e. The lowest BCUT2D eigenvalue weighted by Gasteiger charge is -2.64. The Morgan fingerprint density at radius 1 is 1.11 bits per heavy atom. The third-order valence-electron chi connectivity index (χ3n) is 10.9. The second-order valence-electron chi connectivity index (χ2n) is 14.1. The van der Waals surface area contributed by atoms with E-state index >= 15 is 0 Å². The van der Waals surface area contributed by atoms with Gasteiger partial charge in [0.15, 0.2) is 0 Å². The van der Waals surface area contributed by atoms with Crippen LogP contribution in [0.2, 0.25) is 0 Å². The summed E-state index contributed by atoms with van der Waals surface area (Å²) in [6, 6.07) is 19.4. The molecule has 242 valence electrons. The summed E-state index contributed by atoms with van der Waals surface area (Å²) in [5.41, 5.74) is 1.77. The van der Waals surface area contributed by atoms with Gasteiger partial charge in [-0.25, -0.2) is 0 Å². The van der Waals surface area contributed by atoms with Crippen molar-refractivity contribution in [2.75, 3.05) is 39.8 Å². The van der Waals surface area contributed by atoms with Crippen molar-refractivity contribution in [3.8, 4) is 11.8 Å². The summed E-state index contributed by atoms with van der Waals surface area (Å²) in [5.74, 6) is 0.914. The fourth-order valence-electron chi connectivity index (χ4n) is 7.88. The average molecular weight is 625 g/mol. The van der Waals surface area contributed by atoms with Crippen molar-refractivity contribution in [2.45, 2.75) is 64.1 Å². The maximum absolute atomic E-state index is 13.3. The van der Waals surface area contributed by atoms with Gasteiger partial charge >= 0.3 is 7.12 Å². The highest BCUT2D eigenvalue weighted by atomic mass is 16.7. The summed E-state index contributed by atoms with van der Waals surface area (Å²) in [5, 5.41) is 12.9. The van der Waals surface area contributed by atoms with E-state index in [1.54, 1.807) is 23.1 Å². The molecule has 46 heavy (non-hydrogen) atoms. The quantitative estimate of drug-likeness (QED) is 0.241. The molecule has 3 saturated carbocycles. The summed E-state index contributed by atoms with van der Waals surface area (Å²) in [4.78, 5) is 30.1. The SMILES string of the molecule is CN1CCN(C(=O)/C(C#N)=C/c2cccc(OCCC(=O)N[C@@H](Cc3ccccc3)B3O[C@@H]4C[C@@H]5C[C@@H](C5(C)C)[C@]4(C)O3)c2)CC1. The first-order valence-corrected chi connectivity index (χ1v) is 16.6. The molecule has 2 saturated heterocycles. The Hall–Kier alpha value is -3.65. The molecule has 5 atom stereocenters. The number of piperazine rings is 1. The number of amides is 2. The molecule has 0 aromatic heterocycles. The topological polar surface area (TPSA) is 104 Å². The Morgan fingerprint density at radius 2 is 1.87 bits per heavy atom. The maximum atomic E-state index is 13.3. The number of hydrogen-bond donors (Lipinski definition) is 1. The number of nitriles is 1. The molecule has 5 fully saturated rings. The summed E-state index contributed by atoms with van der Waals surface area (Å²) in [7, 11) is 1.49. The van der Waals surface area contributed by atoms with Crippen LogP contribution in [-0.2, 0) is 25.3 Å². The summed E-state index contributed by atoms with van der Waals surface area (Å²) in [6.45, 7) is 9.83. The van der Waals surface area contributed by atoms with Crippen LogP contribution in [0.1, 0.15) is 51.2 Å². The van der Waals surface area contributed by atoms with E-state index in [9.17, 15) is 14.9 Å². The molecule has 0 radical (unpaired) electrons. The second-order valence-corrected chi connectivity index (χ2v) is 14.1. The van der Waals surface area contributed by atoms with Crippen LogP contribution in [0.15, 0.2) is 60.2 Å². The van der Waals surface area contributed by atoms with Crippen LogP contribution in [0.25, 0.3) is 6.08 Å². The molecule has 2 amide bonds. The summed E-state index contributed by atoms with van der Waals surface area (Å²) < 4.78 is 19.2. The van der Waals surface area contributed by atoms with Gasteiger partial charge in [0, 0.05) is 26.2 Å². The second kappa shape index (κ2) is 13.2. The van der Waals surface area contributed by atoms with Gasteiger partial charge in [-0.2, -0.15) is 5.26 Å². The third-order valence-corrected chi connectivity index (χ3v) is 10.9. The van der Waals surface area contributed by atoms with Crippen LogP contribution >= 0.6 is 0 Å². The van der Waals surface area contributed by atoms with Crippen molar-refractivity contribution in [3.63, 3.8) is 0 Å². The Labute approximate surface area is 273 Å². The van der Waals surface area contributed by atoms with Crippen molar-refractivity contribution in [1.29, 1.82) is 5.26 Å². The molecule has 10 heteroatoms. The number of ether oxygens (including phenoxy) is 1. The molecule has 2 bridgehead atoms. The lowest BCUT2D eigenvalue weighted by Crippen LogP contribution is -2.65. The van der Waals surface area contributed by atoms with Crippen LogP contribution in [0, 0.1) is 28.6 Å². The molecule has 7 rings (SSSR count). The lowest BCUT2D eigenvalue weighted by atomic mass is 9.43. The lowest BCUT2D eigenvalue weighted by molar-refractivity contribution is -0.199. The van der Waals surface area contributed by atoms with Gasteiger partial charge in [0.1, 0.15) is 17.4 Å². The van der Waals surface area contributed by atoms with Crippen LogP contribution in [0.3, 0.4) is 0 Å². The average Bonchev–Trinajstić information content (AvgIpc) is 3.41. The minimum absolute atomic E-state index is 0.0347. The van der Waals surface area contributed by atoms with Crippen LogP contribution in [0.5, 0.6) is 5.75 Å². The van der Waals surface area contributed by atoms with Crippen molar-refractivity contribution in [1.82, 2.24) is 15.1 Å². The molecule has 2 aromatic carbocycles. The largest absolute Gasteiger partial charge is 0.493 e. The first kappa shape index (κ1) is 32.3. The van der Waals surface area contributed by atoms with Gasteiger partial charge in [-0.15, -0.1) is 0 Å². The minimum atomic E-state index is -0.526. The Morgan fingerprint density at radius 3 is 2.59 bits per heavy atom. The standard InChI is InChI=1S/C36H45BN4O5/c1-35(2)28-22-30(35)36(3)31(23-28)45-37(46-36)32(21-25-9-6-5-7-10-25)39-33(42)13-18-44-29-12-8-11-26(20-29)19-27(24-38)34(43)41-16-14-40(4)15-17-41/h5-12,19-20,28,30-32H,13-18,21-23H2,1-4H3,(H,39,42)/b27-19+/t28-,30-,31+,32-,36-/m0/s1. The molecule has 9 nitrogen and oxygen atoms in total. The van der Waals surface area contributed by atoms with E-state index in [0.717, 1.165) is 25.1 Å². The van der Waals surface area contributed by atoms with Crippen LogP contribution in [-0.4, -0.2) is 86.2 Å². The highest BCUT2D eigenvalue weighted by Crippen LogP contribution is 2.65. The maximum Gasteiger partial charge on any atom is 0.482 e. The number of likely N-dealkylation sites (N-methyl/N-ethyl adjacent to an activating group) is 1. The van der Waals surface area contributed by atoms with Gasteiger partial charge in [-0.05, 0) is 79.8 Å². The molecule has 0 spiro atoms. The van der Waals surface area contributed by atoms with E-state index in [4.69, 9.17) is 14.0 Å². The number of benzene rings is 2. The predicted octanol–water partition coefficient (Wildman–Crippen LogP) is 4.13. The molecular formula is C36H45BN4O5. The Bertz CT molecular complexity index is 1500. The van der Waals surface area contributed by atoms with Crippen molar-refractivity contribution < 1.29 is 23.6 Å². The van der Waals surface area contributed by atoms with Crippen molar-refractivity contribution in [3.05, 3.63) is 71.3 Å². The molecule has 3 aliphatic carbocycles. The van der Waals surface area contributed by atoms with Gasteiger partial charge < -0.3 is 29.2 Å². The normalized spacial score (nSPS) is 27.6. The first-order valence-electron chi connectivity index (χ1n) is 16.6. The van der Waals surface area contributed by atoms with E-state index in [1.165, 1.54) is 6.42 Å². The molecule has 2 heterocycles. The van der Waals surface area contributed by atoms with Gasteiger partial charge in [-0.3, -0.25) is 9.59 Å². The molecule has 2 aromatic rings. The number of carbonyl (C=O) groups excluding carboxylic acids is 2. The zero-order chi connectivity index (χ0) is 32.5. The first-order chi connectivity index (χ1) is 22.1. The van der Waals surface area contributed by atoms with E-state index in [1.807, 2.05) is 37.4 Å². The monoisotopic (exact) mass is 624 g/mol. The number of rotatable bonds is 10. The zero-order valence-corrected chi connectivity index (χ0v) is 27.4. The molecule has 1 N–H and O–H groups in total. The van der Waals surface area contributed by atoms with Crippen molar-refractivity contribution >= 4 is 25.0 Å². The van der Waals surface area contributed by atoms with Gasteiger partial charge in [0.05, 0.1) is 30.7 Å². The highest BCUT2D eigenvalue weighted by Gasteiger charge is 2.68. The Balaban J connectivity index is 1.06. The fraction of sp³-hybridized carbons (Fsp3) is 0.528. The number of nitrogens with one attached hydrogen (secondary N) is 1. The number of carbonyl (C=O) groups is 2. The van der Waals surface area contributed by atoms with Gasteiger partial charge in [-0.1, -0.05) is 56.3 Å². The summed E-state index contributed by atoms with van der Waals surface area (Å²) >= 11 is 0. The van der Waals surface area contributed by atoms with Crippen LogP contribution in [0.4, 0.5) is 0 Å². The van der Waals surface area contributed by atoms with E-state index in [-0.39, 0.29) is 53.5 Å². The zero-order valence-electron chi connectivity index (χ0n) is 27.4. The summed E-state index contributed by atoms with van der Waals surface area (Å²) in [6.07, 6.45) is 4.55. The molecule has 5 aliphatic rings. The van der Waals surface area contributed by atoms with E-state index in [0.29, 0.717) is 42.7 Å².